The van der Waals surface area contributed by atoms with Crippen LogP contribution in [0.1, 0.15) is 36.5 Å². The summed E-state index contributed by atoms with van der Waals surface area (Å²) < 4.78 is 0. The molecule has 0 saturated carbocycles. The third kappa shape index (κ3) is 4.62. The zero-order valence-electron chi connectivity index (χ0n) is 13.5. The molecular weight excluding hydrogens is 272 g/mol. The third-order valence-electron chi connectivity index (χ3n) is 3.59. The molecule has 22 heavy (non-hydrogen) atoms. The standard InChI is InChI=1S/C19H24N2O/c1-14(2)17-9-4-5-10-18(17)20-13-19(22)21-12-16-8-6-7-15(3)11-16/h4-11,14,20H,12-13H2,1-3H3,(H,21,22). The van der Waals surface area contributed by atoms with Crippen LogP contribution in [0.3, 0.4) is 0 Å². The summed E-state index contributed by atoms with van der Waals surface area (Å²) >= 11 is 0. The highest BCUT2D eigenvalue weighted by Gasteiger charge is 2.07. The van der Waals surface area contributed by atoms with Crippen molar-refractivity contribution in [2.24, 2.45) is 0 Å². The monoisotopic (exact) mass is 296 g/mol. The number of rotatable bonds is 6. The Hall–Kier alpha value is -2.29. The number of amides is 1. The fourth-order valence-corrected chi connectivity index (χ4v) is 2.42. The van der Waals surface area contributed by atoms with E-state index < -0.39 is 0 Å². The average Bonchev–Trinajstić information content (AvgIpc) is 2.51. The number of carbonyl (C=O) groups excluding carboxylic acids is 1. The number of para-hydroxylation sites is 1. The van der Waals surface area contributed by atoms with Crippen molar-refractivity contribution in [3.05, 3.63) is 65.2 Å². The molecule has 0 radical (unpaired) electrons. The van der Waals surface area contributed by atoms with E-state index >= 15 is 0 Å². The smallest absolute Gasteiger partial charge is 0.239 e. The van der Waals surface area contributed by atoms with Crippen LogP contribution in [-0.2, 0) is 11.3 Å². The normalized spacial score (nSPS) is 10.5. The first-order valence-electron chi connectivity index (χ1n) is 7.71. The van der Waals surface area contributed by atoms with Crippen LogP contribution in [0.2, 0.25) is 0 Å². The molecule has 1 amide bonds. The first-order valence-corrected chi connectivity index (χ1v) is 7.71. The molecule has 2 rings (SSSR count). The highest BCUT2D eigenvalue weighted by atomic mass is 16.1. The molecule has 0 aliphatic carbocycles. The largest absolute Gasteiger partial charge is 0.376 e. The maximum atomic E-state index is 12.0. The lowest BCUT2D eigenvalue weighted by Gasteiger charge is -2.14. The summed E-state index contributed by atoms with van der Waals surface area (Å²) in [7, 11) is 0. The number of benzene rings is 2. The van der Waals surface area contributed by atoms with E-state index in [1.807, 2.05) is 30.3 Å². The Kier molecular flexibility index (Phi) is 5.59. The van der Waals surface area contributed by atoms with Gasteiger partial charge in [-0.25, -0.2) is 0 Å². The van der Waals surface area contributed by atoms with E-state index in [-0.39, 0.29) is 12.5 Å². The maximum Gasteiger partial charge on any atom is 0.239 e. The Morgan fingerprint density at radius 1 is 1.09 bits per heavy atom. The highest BCUT2D eigenvalue weighted by Crippen LogP contribution is 2.23. The van der Waals surface area contributed by atoms with Gasteiger partial charge in [-0.3, -0.25) is 4.79 Å². The van der Waals surface area contributed by atoms with E-state index in [0.717, 1.165) is 11.3 Å². The number of nitrogens with one attached hydrogen (secondary N) is 2. The zero-order chi connectivity index (χ0) is 15.9. The molecule has 2 aromatic rings. The van der Waals surface area contributed by atoms with Gasteiger partial charge in [0.05, 0.1) is 6.54 Å². The van der Waals surface area contributed by atoms with Crippen molar-refractivity contribution in [2.45, 2.75) is 33.2 Å². The van der Waals surface area contributed by atoms with E-state index in [1.165, 1.54) is 11.1 Å². The fraction of sp³-hybridized carbons (Fsp3) is 0.316. The zero-order valence-corrected chi connectivity index (χ0v) is 13.5. The maximum absolute atomic E-state index is 12.0. The molecule has 116 valence electrons. The molecule has 0 bridgehead atoms. The van der Waals surface area contributed by atoms with Crippen LogP contribution in [0.25, 0.3) is 0 Å². The van der Waals surface area contributed by atoms with Crippen molar-refractivity contribution in [1.82, 2.24) is 5.32 Å². The van der Waals surface area contributed by atoms with Gasteiger partial charge in [0, 0.05) is 12.2 Å². The number of anilines is 1. The number of carbonyl (C=O) groups is 1. The molecule has 0 aliphatic rings. The van der Waals surface area contributed by atoms with Gasteiger partial charge in [0.15, 0.2) is 0 Å². The quantitative estimate of drug-likeness (QED) is 0.850. The summed E-state index contributed by atoms with van der Waals surface area (Å²) in [4.78, 5) is 12.0. The van der Waals surface area contributed by atoms with Crippen molar-refractivity contribution in [1.29, 1.82) is 0 Å². The van der Waals surface area contributed by atoms with Gasteiger partial charge in [-0.1, -0.05) is 61.9 Å². The molecule has 0 aliphatic heterocycles. The molecule has 3 heteroatoms. The first-order chi connectivity index (χ1) is 10.6. The molecule has 0 unspecified atom stereocenters. The Bertz CT molecular complexity index is 635. The Morgan fingerprint density at radius 3 is 2.59 bits per heavy atom. The van der Waals surface area contributed by atoms with E-state index in [0.29, 0.717) is 12.5 Å². The highest BCUT2D eigenvalue weighted by molar-refractivity contribution is 5.81. The van der Waals surface area contributed by atoms with Crippen LogP contribution >= 0.6 is 0 Å². The predicted octanol–water partition coefficient (Wildman–Crippen LogP) is 3.85. The van der Waals surface area contributed by atoms with Crippen LogP contribution in [-0.4, -0.2) is 12.5 Å². The number of aryl methyl sites for hydroxylation is 1. The van der Waals surface area contributed by atoms with Crippen molar-refractivity contribution < 1.29 is 4.79 Å². The lowest BCUT2D eigenvalue weighted by Crippen LogP contribution is -2.29. The van der Waals surface area contributed by atoms with Gasteiger partial charge in [0.1, 0.15) is 0 Å². The lowest BCUT2D eigenvalue weighted by atomic mass is 10.0. The van der Waals surface area contributed by atoms with Crippen molar-refractivity contribution in [3.8, 4) is 0 Å². The Morgan fingerprint density at radius 2 is 1.86 bits per heavy atom. The molecule has 0 saturated heterocycles. The molecule has 2 N–H and O–H groups in total. The Labute approximate surface area is 132 Å². The summed E-state index contributed by atoms with van der Waals surface area (Å²) in [5.74, 6) is 0.430. The molecule has 3 nitrogen and oxygen atoms in total. The van der Waals surface area contributed by atoms with Crippen LogP contribution in [0.4, 0.5) is 5.69 Å². The van der Waals surface area contributed by atoms with Gasteiger partial charge >= 0.3 is 0 Å². The van der Waals surface area contributed by atoms with E-state index in [4.69, 9.17) is 0 Å². The van der Waals surface area contributed by atoms with Gasteiger partial charge in [0.25, 0.3) is 0 Å². The second-order valence-electron chi connectivity index (χ2n) is 5.86. The molecule has 0 spiro atoms. The molecule has 0 aromatic heterocycles. The molecule has 0 heterocycles. The van der Waals surface area contributed by atoms with Crippen LogP contribution < -0.4 is 10.6 Å². The van der Waals surface area contributed by atoms with Gasteiger partial charge in [-0.05, 0) is 30.0 Å². The van der Waals surface area contributed by atoms with Gasteiger partial charge in [-0.2, -0.15) is 0 Å². The summed E-state index contributed by atoms with van der Waals surface area (Å²) in [5.41, 5.74) is 4.59. The Balaban J connectivity index is 1.86. The van der Waals surface area contributed by atoms with Crippen LogP contribution in [0.15, 0.2) is 48.5 Å². The van der Waals surface area contributed by atoms with Gasteiger partial charge in [0.2, 0.25) is 5.91 Å². The van der Waals surface area contributed by atoms with Crippen molar-refractivity contribution >= 4 is 11.6 Å². The van der Waals surface area contributed by atoms with Crippen molar-refractivity contribution in [3.63, 3.8) is 0 Å². The summed E-state index contributed by atoms with van der Waals surface area (Å²) in [5, 5.41) is 6.17. The minimum atomic E-state index is 0.0000605. The predicted molar refractivity (Wildman–Crippen MR) is 92.0 cm³/mol. The second kappa shape index (κ2) is 7.64. The number of hydrogen-bond acceptors (Lipinski definition) is 2. The van der Waals surface area contributed by atoms with E-state index in [1.54, 1.807) is 0 Å². The summed E-state index contributed by atoms with van der Waals surface area (Å²) in [6.45, 7) is 7.20. The minimum Gasteiger partial charge on any atom is -0.376 e. The summed E-state index contributed by atoms with van der Waals surface area (Å²) in [6.07, 6.45) is 0. The minimum absolute atomic E-state index is 0.0000605. The molecule has 0 atom stereocenters. The summed E-state index contributed by atoms with van der Waals surface area (Å²) in [6, 6.07) is 16.3. The lowest BCUT2D eigenvalue weighted by molar-refractivity contribution is -0.119. The van der Waals surface area contributed by atoms with Crippen molar-refractivity contribution in [2.75, 3.05) is 11.9 Å². The fourth-order valence-electron chi connectivity index (χ4n) is 2.42. The SMILES string of the molecule is Cc1cccc(CNC(=O)CNc2ccccc2C(C)C)c1. The van der Waals surface area contributed by atoms with Gasteiger partial charge in [-0.15, -0.1) is 0 Å². The van der Waals surface area contributed by atoms with Crippen LogP contribution in [0.5, 0.6) is 0 Å². The molecular formula is C19H24N2O. The van der Waals surface area contributed by atoms with Gasteiger partial charge < -0.3 is 10.6 Å². The number of hydrogen-bond donors (Lipinski definition) is 2. The van der Waals surface area contributed by atoms with E-state index in [9.17, 15) is 4.79 Å². The van der Waals surface area contributed by atoms with Crippen LogP contribution in [0, 0.1) is 6.92 Å². The average molecular weight is 296 g/mol. The van der Waals surface area contributed by atoms with E-state index in [2.05, 4.69) is 49.6 Å². The topological polar surface area (TPSA) is 41.1 Å². The third-order valence-corrected chi connectivity index (χ3v) is 3.59. The first kappa shape index (κ1) is 16.1. The molecule has 2 aromatic carbocycles. The molecule has 0 fully saturated rings. The second-order valence-corrected chi connectivity index (χ2v) is 5.86.